The smallest absolute Gasteiger partial charge is 0.449 e. The molecule has 1 aromatic rings. The Morgan fingerprint density at radius 3 is 2.56 bits per heavy atom. The van der Waals surface area contributed by atoms with E-state index < -0.39 is 11.1 Å². The van der Waals surface area contributed by atoms with Crippen molar-refractivity contribution in [3.8, 4) is 5.75 Å². The van der Waals surface area contributed by atoms with E-state index in [-0.39, 0.29) is 21.3 Å². The molecule has 1 atom stereocenters. The Bertz CT molecular complexity index is 475. The monoisotopic (exact) mass is 365 g/mol. The molecule has 0 spiro atoms. The minimum atomic E-state index is -1.43. The van der Waals surface area contributed by atoms with E-state index in [9.17, 15) is 14.9 Å². The van der Waals surface area contributed by atoms with Gasteiger partial charge in [-0.3, -0.25) is 10.1 Å². The number of nitrogens with zero attached hydrogens (tertiary/aromatic N) is 1. The molecule has 0 bridgehead atoms. The average Bonchev–Trinajstić information content (AvgIpc) is 2.27. The number of non-ortho nitro benzene ring substituents is 1. The Hall–Kier alpha value is -1.38. The van der Waals surface area contributed by atoms with Gasteiger partial charge in [-0.1, -0.05) is 36.4 Å². The van der Waals surface area contributed by atoms with Crippen molar-refractivity contribution in [3.05, 3.63) is 33.9 Å². The van der Waals surface area contributed by atoms with Gasteiger partial charge in [-0.15, -0.1) is 0 Å². The summed E-state index contributed by atoms with van der Waals surface area (Å²) >= 11 is 2.11. The molecule has 0 aromatic heterocycles. The fourth-order valence-corrected chi connectivity index (χ4v) is 1.90. The molecule has 1 aromatic carbocycles. The van der Waals surface area contributed by atoms with Crippen molar-refractivity contribution in [2.75, 3.05) is 0 Å². The van der Waals surface area contributed by atoms with Gasteiger partial charge in [-0.25, -0.2) is 4.79 Å². The highest BCUT2D eigenvalue weighted by molar-refractivity contribution is 14.1. The van der Waals surface area contributed by atoms with Gasteiger partial charge in [0.25, 0.3) is 5.69 Å². The van der Waals surface area contributed by atoms with E-state index in [0.29, 0.717) is 5.56 Å². The highest BCUT2D eigenvalue weighted by Crippen LogP contribution is 2.39. The summed E-state index contributed by atoms with van der Waals surface area (Å²) < 4.78 is 4.57. The first-order chi connectivity index (χ1) is 8.32. The second-order valence-electron chi connectivity index (χ2n) is 3.99. The number of hydrogen-bond acceptors (Lipinski definition) is 4. The Morgan fingerprint density at radius 1 is 1.50 bits per heavy atom. The largest absolute Gasteiger partial charge is 0.511 e. The number of carbonyl (C=O) groups is 1. The minimum Gasteiger partial charge on any atom is -0.449 e. The van der Waals surface area contributed by atoms with Crippen LogP contribution < -0.4 is 4.74 Å². The third-order valence-electron chi connectivity index (χ3n) is 2.28. The van der Waals surface area contributed by atoms with Crippen LogP contribution >= 0.6 is 22.6 Å². The fraction of sp³-hybridized carbons (Fsp3) is 0.364. The summed E-state index contributed by atoms with van der Waals surface area (Å²) in [6, 6.07) is 3.90. The number of alkyl halides is 1. The van der Waals surface area contributed by atoms with Crippen molar-refractivity contribution >= 4 is 34.4 Å². The molecular weight excluding hydrogens is 353 g/mol. The van der Waals surface area contributed by atoms with Crippen LogP contribution in [0.4, 0.5) is 10.5 Å². The Balaban J connectivity index is 3.25. The number of nitro groups is 1. The predicted molar refractivity (Wildman–Crippen MR) is 73.3 cm³/mol. The summed E-state index contributed by atoms with van der Waals surface area (Å²) in [5, 5.41) is 19.4. The maximum Gasteiger partial charge on any atom is 0.511 e. The van der Waals surface area contributed by atoms with Crippen LogP contribution in [0.15, 0.2) is 18.2 Å². The Kier molecular flexibility index (Phi) is 4.88. The van der Waals surface area contributed by atoms with Crippen LogP contribution in [-0.4, -0.2) is 16.2 Å². The molecule has 0 radical (unpaired) electrons. The molecule has 0 amide bonds. The Labute approximate surface area is 117 Å². The van der Waals surface area contributed by atoms with E-state index in [1.54, 1.807) is 0 Å². The second kappa shape index (κ2) is 5.98. The lowest BCUT2D eigenvalue weighted by molar-refractivity contribution is -0.384. The zero-order valence-electron chi connectivity index (χ0n) is 9.79. The standard InChI is InChI=1S/C11H12INO5/c1-6(2)10(12)8-5-7(13(16)17)3-4-9(8)18-11(14)15/h3-6,10H,1-2H3,(H,14,15). The van der Waals surface area contributed by atoms with Crippen molar-refractivity contribution in [2.45, 2.75) is 17.8 Å². The number of halogens is 1. The highest BCUT2D eigenvalue weighted by atomic mass is 127. The third kappa shape index (κ3) is 3.56. The Morgan fingerprint density at radius 2 is 2.11 bits per heavy atom. The first kappa shape index (κ1) is 14.7. The topological polar surface area (TPSA) is 89.7 Å². The molecule has 1 rings (SSSR count). The summed E-state index contributed by atoms with van der Waals surface area (Å²) in [6.45, 7) is 3.89. The molecule has 98 valence electrons. The molecule has 0 fully saturated rings. The first-order valence-corrected chi connectivity index (χ1v) is 6.40. The van der Waals surface area contributed by atoms with Crippen molar-refractivity contribution < 1.29 is 19.6 Å². The minimum absolute atomic E-state index is 0.0724. The number of carboxylic acid groups (broad SMARTS) is 1. The molecule has 0 heterocycles. The van der Waals surface area contributed by atoms with Crippen molar-refractivity contribution in [2.24, 2.45) is 5.92 Å². The summed E-state index contributed by atoms with van der Waals surface area (Å²) in [6.07, 6.45) is -1.43. The molecule has 7 heteroatoms. The van der Waals surface area contributed by atoms with Gasteiger partial charge in [0, 0.05) is 21.6 Å². The summed E-state index contributed by atoms with van der Waals surface area (Å²) in [5.41, 5.74) is 0.437. The summed E-state index contributed by atoms with van der Waals surface area (Å²) in [5.74, 6) is 0.338. The number of hydrogen-bond donors (Lipinski definition) is 1. The fourth-order valence-electron chi connectivity index (χ4n) is 1.41. The van der Waals surface area contributed by atoms with Crippen LogP contribution in [0.2, 0.25) is 0 Å². The normalized spacial score (nSPS) is 12.2. The van der Waals surface area contributed by atoms with E-state index in [1.165, 1.54) is 18.2 Å². The van der Waals surface area contributed by atoms with Crippen LogP contribution in [-0.2, 0) is 0 Å². The van der Waals surface area contributed by atoms with Gasteiger partial charge in [0.2, 0.25) is 0 Å². The summed E-state index contributed by atoms with van der Waals surface area (Å²) in [7, 11) is 0. The molecule has 0 saturated heterocycles. The predicted octanol–water partition coefficient (Wildman–Crippen LogP) is 3.78. The molecule has 18 heavy (non-hydrogen) atoms. The van der Waals surface area contributed by atoms with Gasteiger partial charge < -0.3 is 9.84 Å². The SMILES string of the molecule is CC(C)C(I)c1cc([N+](=O)[O-])ccc1OC(=O)O. The maximum absolute atomic E-state index is 10.7. The average molecular weight is 365 g/mol. The van der Waals surface area contributed by atoms with Crippen molar-refractivity contribution in [3.63, 3.8) is 0 Å². The molecule has 6 nitrogen and oxygen atoms in total. The number of benzene rings is 1. The molecule has 1 unspecified atom stereocenters. The van der Waals surface area contributed by atoms with Gasteiger partial charge in [0.15, 0.2) is 0 Å². The van der Waals surface area contributed by atoms with E-state index >= 15 is 0 Å². The third-order valence-corrected chi connectivity index (χ3v) is 4.39. The van der Waals surface area contributed by atoms with Gasteiger partial charge in [-0.05, 0) is 12.0 Å². The van der Waals surface area contributed by atoms with Gasteiger partial charge in [0.05, 0.1) is 4.92 Å². The van der Waals surface area contributed by atoms with Crippen LogP contribution in [0.3, 0.4) is 0 Å². The molecule has 1 N–H and O–H groups in total. The number of nitro benzene ring substituents is 1. The van der Waals surface area contributed by atoms with E-state index in [0.717, 1.165) is 0 Å². The lowest BCUT2D eigenvalue weighted by atomic mass is 10.0. The van der Waals surface area contributed by atoms with Gasteiger partial charge in [-0.2, -0.15) is 0 Å². The molecule has 0 aliphatic rings. The van der Waals surface area contributed by atoms with Gasteiger partial charge >= 0.3 is 6.16 Å². The van der Waals surface area contributed by atoms with Crippen molar-refractivity contribution in [1.82, 2.24) is 0 Å². The quantitative estimate of drug-likeness (QED) is 0.219. The van der Waals surface area contributed by atoms with Crippen LogP contribution in [0, 0.1) is 16.0 Å². The van der Waals surface area contributed by atoms with Gasteiger partial charge in [0.1, 0.15) is 5.75 Å². The van der Waals surface area contributed by atoms with Crippen molar-refractivity contribution in [1.29, 1.82) is 0 Å². The zero-order valence-corrected chi connectivity index (χ0v) is 11.9. The summed E-state index contributed by atoms with van der Waals surface area (Å²) in [4.78, 5) is 20.8. The van der Waals surface area contributed by atoms with Crippen LogP contribution in [0.1, 0.15) is 23.3 Å². The highest BCUT2D eigenvalue weighted by Gasteiger charge is 2.21. The molecule has 0 aliphatic carbocycles. The molecule has 0 saturated carbocycles. The van der Waals surface area contributed by atoms with Crippen LogP contribution in [0.5, 0.6) is 5.75 Å². The lowest BCUT2D eigenvalue weighted by Crippen LogP contribution is -2.08. The molecule has 0 aliphatic heterocycles. The lowest BCUT2D eigenvalue weighted by Gasteiger charge is -2.16. The molecular formula is C11H12INO5. The number of ether oxygens (including phenoxy) is 1. The van der Waals surface area contributed by atoms with Crippen LogP contribution in [0.25, 0.3) is 0 Å². The number of rotatable bonds is 4. The zero-order chi connectivity index (χ0) is 13.9. The van der Waals surface area contributed by atoms with E-state index in [4.69, 9.17) is 5.11 Å². The van der Waals surface area contributed by atoms with E-state index in [2.05, 4.69) is 27.3 Å². The maximum atomic E-state index is 10.7. The first-order valence-electron chi connectivity index (χ1n) is 5.16. The van der Waals surface area contributed by atoms with E-state index in [1.807, 2.05) is 13.8 Å². The second-order valence-corrected chi connectivity index (χ2v) is 5.33.